The molecule has 0 radical (unpaired) electrons. The van der Waals surface area contributed by atoms with E-state index in [1.165, 1.54) is 0 Å². The van der Waals surface area contributed by atoms with Gasteiger partial charge in [0.05, 0.1) is 10.2 Å². The standard InChI is InChI=1S/C9H11BrN2O2/c1-12-5-6(10)7(11-12)9(8(13)14)3-2-4-9/h5H,2-4H2,1H3,(H,13,14). The third-order valence-corrected chi connectivity index (χ3v) is 3.43. The summed E-state index contributed by atoms with van der Waals surface area (Å²) >= 11 is 3.35. The number of aryl methyl sites for hydroxylation is 1. The van der Waals surface area contributed by atoms with Crippen molar-refractivity contribution in [2.24, 2.45) is 7.05 Å². The third kappa shape index (κ3) is 1.19. The Morgan fingerprint density at radius 3 is 2.64 bits per heavy atom. The first kappa shape index (κ1) is 9.71. The summed E-state index contributed by atoms with van der Waals surface area (Å²) in [6, 6.07) is 0. The average Bonchev–Trinajstić information content (AvgIpc) is 2.27. The van der Waals surface area contributed by atoms with Gasteiger partial charge in [0.25, 0.3) is 0 Å². The van der Waals surface area contributed by atoms with Crippen molar-refractivity contribution in [2.45, 2.75) is 24.7 Å². The third-order valence-electron chi connectivity index (χ3n) is 2.85. The number of carbonyl (C=O) groups is 1. The SMILES string of the molecule is Cn1cc(Br)c(C2(C(=O)O)CCC2)n1. The quantitative estimate of drug-likeness (QED) is 0.879. The molecule has 0 bridgehead atoms. The molecule has 0 aromatic carbocycles. The van der Waals surface area contributed by atoms with Gasteiger partial charge in [0.15, 0.2) is 0 Å². The minimum Gasteiger partial charge on any atom is -0.481 e. The monoisotopic (exact) mass is 258 g/mol. The Morgan fingerprint density at radius 1 is 1.71 bits per heavy atom. The molecule has 1 saturated carbocycles. The molecule has 1 fully saturated rings. The first-order valence-corrected chi connectivity index (χ1v) is 5.28. The Bertz CT molecular complexity index is 382. The Morgan fingerprint density at radius 2 is 2.36 bits per heavy atom. The predicted octanol–water partition coefficient (Wildman–Crippen LogP) is 1.69. The van der Waals surface area contributed by atoms with Crippen LogP contribution in [0.1, 0.15) is 25.0 Å². The summed E-state index contributed by atoms with van der Waals surface area (Å²) < 4.78 is 2.43. The molecule has 0 unspecified atom stereocenters. The van der Waals surface area contributed by atoms with Gasteiger partial charge in [0, 0.05) is 13.2 Å². The summed E-state index contributed by atoms with van der Waals surface area (Å²) in [5, 5.41) is 13.4. The van der Waals surface area contributed by atoms with Crippen molar-refractivity contribution in [2.75, 3.05) is 0 Å². The number of hydrogen-bond donors (Lipinski definition) is 1. The minimum atomic E-state index is -0.761. The maximum Gasteiger partial charge on any atom is 0.315 e. The molecule has 1 aromatic heterocycles. The molecular weight excluding hydrogens is 248 g/mol. The van der Waals surface area contributed by atoms with E-state index in [1.54, 1.807) is 17.9 Å². The van der Waals surface area contributed by atoms with Crippen LogP contribution in [0.4, 0.5) is 0 Å². The molecule has 1 aliphatic rings. The maximum atomic E-state index is 11.2. The molecular formula is C9H11BrN2O2. The van der Waals surface area contributed by atoms with Gasteiger partial charge in [-0.05, 0) is 28.8 Å². The van der Waals surface area contributed by atoms with Crippen molar-refractivity contribution in [3.05, 3.63) is 16.4 Å². The molecule has 4 nitrogen and oxygen atoms in total. The summed E-state index contributed by atoms with van der Waals surface area (Å²) in [6.07, 6.45) is 4.14. The van der Waals surface area contributed by atoms with Crippen LogP contribution in [-0.2, 0) is 17.3 Å². The fourth-order valence-electron chi connectivity index (χ4n) is 1.87. The number of hydrogen-bond acceptors (Lipinski definition) is 2. The summed E-state index contributed by atoms with van der Waals surface area (Å²) in [6.45, 7) is 0. The van der Waals surface area contributed by atoms with Crippen molar-refractivity contribution in [1.82, 2.24) is 9.78 Å². The van der Waals surface area contributed by atoms with E-state index in [0.717, 1.165) is 10.9 Å². The van der Waals surface area contributed by atoms with E-state index in [9.17, 15) is 9.90 Å². The van der Waals surface area contributed by atoms with Gasteiger partial charge in [0.2, 0.25) is 0 Å². The fourth-order valence-corrected chi connectivity index (χ4v) is 2.62. The lowest BCUT2D eigenvalue weighted by Crippen LogP contribution is -2.43. The van der Waals surface area contributed by atoms with Crippen molar-refractivity contribution >= 4 is 21.9 Å². The summed E-state index contributed by atoms with van der Waals surface area (Å²) in [7, 11) is 1.79. The lowest BCUT2D eigenvalue weighted by molar-refractivity contribution is -0.147. The van der Waals surface area contributed by atoms with E-state index in [0.29, 0.717) is 18.5 Å². The van der Waals surface area contributed by atoms with Crippen LogP contribution in [0, 0.1) is 0 Å². The van der Waals surface area contributed by atoms with E-state index >= 15 is 0 Å². The molecule has 14 heavy (non-hydrogen) atoms. The van der Waals surface area contributed by atoms with Gasteiger partial charge in [-0.25, -0.2) is 0 Å². The van der Waals surface area contributed by atoms with Crippen LogP contribution in [0.15, 0.2) is 10.7 Å². The van der Waals surface area contributed by atoms with Crippen molar-refractivity contribution in [3.8, 4) is 0 Å². The highest BCUT2D eigenvalue weighted by Gasteiger charge is 2.49. The highest BCUT2D eigenvalue weighted by molar-refractivity contribution is 9.10. The number of aromatic nitrogens is 2. The van der Waals surface area contributed by atoms with Crippen LogP contribution in [0.25, 0.3) is 0 Å². The Hall–Kier alpha value is -0.840. The number of carboxylic acid groups (broad SMARTS) is 1. The number of halogens is 1. The normalized spacial score (nSPS) is 19.0. The Kier molecular flexibility index (Phi) is 2.14. The van der Waals surface area contributed by atoms with Crippen LogP contribution < -0.4 is 0 Å². The van der Waals surface area contributed by atoms with Crippen LogP contribution in [0.3, 0.4) is 0 Å². The predicted molar refractivity (Wildman–Crippen MR) is 54.1 cm³/mol. The van der Waals surface area contributed by atoms with Gasteiger partial charge in [-0.15, -0.1) is 0 Å². The number of nitrogens with zero attached hydrogens (tertiary/aromatic N) is 2. The highest BCUT2D eigenvalue weighted by Crippen LogP contribution is 2.45. The second-order valence-electron chi connectivity index (χ2n) is 3.74. The molecule has 1 aromatic rings. The lowest BCUT2D eigenvalue weighted by Gasteiger charge is -2.36. The van der Waals surface area contributed by atoms with Crippen LogP contribution >= 0.6 is 15.9 Å². The minimum absolute atomic E-state index is 0.666. The first-order chi connectivity index (χ1) is 6.56. The molecule has 0 atom stereocenters. The molecule has 2 rings (SSSR count). The molecule has 5 heteroatoms. The average molecular weight is 259 g/mol. The van der Waals surface area contributed by atoms with Crippen LogP contribution in [0.5, 0.6) is 0 Å². The topological polar surface area (TPSA) is 55.1 Å². The number of rotatable bonds is 2. The molecule has 0 amide bonds. The second-order valence-corrected chi connectivity index (χ2v) is 4.59. The first-order valence-electron chi connectivity index (χ1n) is 4.49. The van der Waals surface area contributed by atoms with E-state index in [1.807, 2.05) is 0 Å². The Labute approximate surface area is 90.0 Å². The Balaban J connectivity index is 2.46. The fraction of sp³-hybridized carbons (Fsp3) is 0.556. The van der Waals surface area contributed by atoms with Gasteiger partial charge < -0.3 is 5.11 Å². The van der Waals surface area contributed by atoms with Gasteiger partial charge in [-0.1, -0.05) is 6.42 Å². The van der Waals surface area contributed by atoms with Gasteiger partial charge in [0.1, 0.15) is 5.41 Å². The van der Waals surface area contributed by atoms with Crippen LogP contribution in [0.2, 0.25) is 0 Å². The zero-order valence-electron chi connectivity index (χ0n) is 7.83. The van der Waals surface area contributed by atoms with E-state index in [4.69, 9.17) is 0 Å². The van der Waals surface area contributed by atoms with Gasteiger partial charge in [-0.3, -0.25) is 9.48 Å². The molecule has 1 aliphatic carbocycles. The maximum absolute atomic E-state index is 11.2. The highest BCUT2D eigenvalue weighted by atomic mass is 79.9. The smallest absolute Gasteiger partial charge is 0.315 e. The molecule has 76 valence electrons. The van der Waals surface area contributed by atoms with Crippen molar-refractivity contribution < 1.29 is 9.90 Å². The lowest BCUT2D eigenvalue weighted by atomic mass is 9.67. The molecule has 1 N–H and O–H groups in total. The number of aliphatic carboxylic acids is 1. The number of carboxylic acids is 1. The van der Waals surface area contributed by atoms with Crippen LogP contribution in [-0.4, -0.2) is 20.9 Å². The summed E-state index contributed by atoms with van der Waals surface area (Å²) in [5.41, 5.74) is -0.0705. The molecule has 0 aliphatic heterocycles. The van der Waals surface area contributed by atoms with Crippen molar-refractivity contribution in [1.29, 1.82) is 0 Å². The molecule has 1 heterocycles. The van der Waals surface area contributed by atoms with Crippen molar-refractivity contribution in [3.63, 3.8) is 0 Å². The zero-order valence-corrected chi connectivity index (χ0v) is 9.41. The van der Waals surface area contributed by atoms with Gasteiger partial charge >= 0.3 is 5.97 Å². The van der Waals surface area contributed by atoms with Gasteiger partial charge in [-0.2, -0.15) is 5.10 Å². The second kappa shape index (κ2) is 3.08. The zero-order chi connectivity index (χ0) is 10.3. The van der Waals surface area contributed by atoms with E-state index in [2.05, 4.69) is 21.0 Å². The van der Waals surface area contributed by atoms with E-state index < -0.39 is 11.4 Å². The largest absolute Gasteiger partial charge is 0.481 e. The molecule has 0 saturated heterocycles. The summed E-state index contributed by atoms with van der Waals surface area (Å²) in [5.74, 6) is -0.761. The molecule has 0 spiro atoms. The van der Waals surface area contributed by atoms with E-state index in [-0.39, 0.29) is 0 Å². The summed E-state index contributed by atoms with van der Waals surface area (Å²) in [4.78, 5) is 11.2.